The molecule has 116 valence electrons. The molecule has 0 spiro atoms. The molecule has 0 bridgehead atoms. The van der Waals surface area contributed by atoms with Crippen LogP contribution >= 0.6 is 0 Å². The summed E-state index contributed by atoms with van der Waals surface area (Å²) in [6.45, 7) is 5.98. The molecule has 1 aliphatic heterocycles. The first-order chi connectivity index (χ1) is 9.74. The zero-order valence-electron chi connectivity index (χ0n) is 13.3. The van der Waals surface area contributed by atoms with Gasteiger partial charge in [-0.3, -0.25) is 0 Å². The summed E-state index contributed by atoms with van der Waals surface area (Å²) < 4.78 is 5.23. The van der Waals surface area contributed by atoms with Crippen LogP contribution in [-0.4, -0.2) is 12.1 Å². The lowest BCUT2D eigenvalue weighted by molar-refractivity contribution is -0.139. The van der Waals surface area contributed by atoms with Crippen molar-refractivity contribution < 1.29 is 9.53 Å². The van der Waals surface area contributed by atoms with Crippen molar-refractivity contribution in [3.05, 3.63) is 12.2 Å². The predicted molar refractivity (Wildman–Crippen MR) is 84.7 cm³/mol. The molecule has 1 fully saturated rings. The lowest BCUT2D eigenvalue weighted by Gasteiger charge is -2.07. The van der Waals surface area contributed by atoms with E-state index in [1.807, 2.05) is 0 Å². The first kappa shape index (κ1) is 17.3. The van der Waals surface area contributed by atoms with Crippen molar-refractivity contribution in [3.63, 3.8) is 0 Å². The fraction of sp³-hybridized carbons (Fsp3) is 0.833. The summed E-state index contributed by atoms with van der Waals surface area (Å²) in [5.74, 6) is -0.182. The number of ether oxygens (including phenoxy) is 1. The molecule has 0 aromatic heterocycles. The molecule has 0 N–H and O–H groups in total. The molecule has 0 aromatic rings. The summed E-state index contributed by atoms with van der Waals surface area (Å²) >= 11 is 0. The molecule has 1 aliphatic rings. The third-order valence-electron chi connectivity index (χ3n) is 4.17. The first-order valence-electron chi connectivity index (χ1n) is 8.62. The Balaban J connectivity index is 1.79. The van der Waals surface area contributed by atoms with E-state index < -0.39 is 0 Å². The third-order valence-corrected chi connectivity index (χ3v) is 4.17. The zero-order valence-corrected chi connectivity index (χ0v) is 13.3. The van der Waals surface area contributed by atoms with Gasteiger partial charge in [-0.2, -0.15) is 0 Å². The van der Waals surface area contributed by atoms with Crippen LogP contribution in [0.25, 0.3) is 0 Å². The number of carbonyl (C=O) groups is 1. The Bertz CT molecular complexity index is 267. The smallest absolute Gasteiger partial charge is 0.333 e. The lowest BCUT2D eigenvalue weighted by atomic mass is 10.0. The van der Waals surface area contributed by atoms with Gasteiger partial charge in [0.15, 0.2) is 0 Å². The summed E-state index contributed by atoms with van der Waals surface area (Å²) in [7, 11) is 0. The quantitative estimate of drug-likeness (QED) is 0.266. The lowest BCUT2D eigenvalue weighted by Crippen LogP contribution is -2.06. The van der Waals surface area contributed by atoms with Gasteiger partial charge in [-0.25, -0.2) is 4.79 Å². The molecule has 1 rings (SSSR count). The maximum atomic E-state index is 11.2. The normalized spacial score (nSPS) is 18.6. The van der Waals surface area contributed by atoms with Gasteiger partial charge >= 0.3 is 5.97 Å². The van der Waals surface area contributed by atoms with E-state index in [4.69, 9.17) is 4.74 Å². The predicted octanol–water partition coefficient (Wildman–Crippen LogP) is 5.56. The van der Waals surface area contributed by atoms with Crippen molar-refractivity contribution in [1.29, 1.82) is 0 Å². The average Bonchev–Trinajstić information content (AvgIpc) is 2.75. The van der Waals surface area contributed by atoms with Gasteiger partial charge < -0.3 is 4.74 Å². The highest BCUT2D eigenvalue weighted by molar-refractivity contribution is 5.89. The number of cyclic esters (lactones) is 1. The van der Waals surface area contributed by atoms with E-state index >= 15 is 0 Å². The minimum absolute atomic E-state index is 0.119. The van der Waals surface area contributed by atoms with Gasteiger partial charge in [0.2, 0.25) is 0 Å². The van der Waals surface area contributed by atoms with Crippen LogP contribution in [0.1, 0.15) is 90.4 Å². The molecule has 20 heavy (non-hydrogen) atoms. The van der Waals surface area contributed by atoms with Crippen LogP contribution < -0.4 is 0 Å². The molecule has 0 amide bonds. The Labute approximate surface area is 125 Å². The van der Waals surface area contributed by atoms with Gasteiger partial charge in [0.1, 0.15) is 6.10 Å². The van der Waals surface area contributed by atoms with Crippen LogP contribution in [-0.2, 0) is 9.53 Å². The second-order valence-corrected chi connectivity index (χ2v) is 6.16. The summed E-state index contributed by atoms with van der Waals surface area (Å²) in [6.07, 6.45) is 16.8. The number of rotatable bonds is 12. The number of esters is 1. The second kappa shape index (κ2) is 10.9. The molecule has 2 heteroatoms. The topological polar surface area (TPSA) is 26.3 Å². The van der Waals surface area contributed by atoms with E-state index in [0.29, 0.717) is 5.57 Å². The van der Waals surface area contributed by atoms with Crippen LogP contribution in [0.2, 0.25) is 0 Å². The Morgan fingerprint density at radius 2 is 1.45 bits per heavy atom. The number of hydrogen-bond donors (Lipinski definition) is 0. The molecule has 1 atom stereocenters. The van der Waals surface area contributed by atoms with Crippen molar-refractivity contribution in [2.45, 2.75) is 96.5 Å². The molecule has 0 saturated carbocycles. The van der Waals surface area contributed by atoms with E-state index in [1.165, 1.54) is 70.6 Å². The van der Waals surface area contributed by atoms with E-state index in [0.717, 1.165) is 12.8 Å². The molecule has 0 aliphatic carbocycles. The van der Waals surface area contributed by atoms with Crippen molar-refractivity contribution in [3.8, 4) is 0 Å². The highest BCUT2D eigenvalue weighted by atomic mass is 16.5. The number of hydrogen-bond acceptors (Lipinski definition) is 2. The molecular weight excluding hydrogens is 248 g/mol. The van der Waals surface area contributed by atoms with Crippen molar-refractivity contribution in [2.75, 3.05) is 0 Å². The fourth-order valence-electron chi connectivity index (χ4n) is 2.83. The second-order valence-electron chi connectivity index (χ2n) is 6.16. The van der Waals surface area contributed by atoms with Gasteiger partial charge in [-0.15, -0.1) is 0 Å². The summed E-state index contributed by atoms with van der Waals surface area (Å²) in [4.78, 5) is 11.2. The van der Waals surface area contributed by atoms with Gasteiger partial charge in [0.25, 0.3) is 0 Å². The number of unbranched alkanes of at least 4 members (excludes halogenated alkanes) is 10. The van der Waals surface area contributed by atoms with E-state index in [1.54, 1.807) is 0 Å². The summed E-state index contributed by atoms with van der Waals surface area (Å²) in [6, 6.07) is 0. The zero-order chi connectivity index (χ0) is 14.6. The monoisotopic (exact) mass is 280 g/mol. The van der Waals surface area contributed by atoms with Crippen LogP contribution in [0.4, 0.5) is 0 Å². The average molecular weight is 280 g/mol. The summed E-state index contributed by atoms with van der Waals surface area (Å²) in [5, 5.41) is 0. The van der Waals surface area contributed by atoms with Crippen molar-refractivity contribution >= 4 is 5.97 Å². The standard InChI is InChI=1S/C18H32O2/c1-3-4-5-6-7-8-9-10-11-12-13-14-17-15-16(2)18(19)20-17/h17H,2-15H2,1H3/t17-/m0/s1. The maximum absolute atomic E-state index is 11.2. The Morgan fingerprint density at radius 1 is 0.950 bits per heavy atom. The van der Waals surface area contributed by atoms with Gasteiger partial charge in [0.05, 0.1) is 0 Å². The van der Waals surface area contributed by atoms with Gasteiger partial charge in [0, 0.05) is 12.0 Å². The Morgan fingerprint density at radius 3 is 1.90 bits per heavy atom. The van der Waals surface area contributed by atoms with Gasteiger partial charge in [-0.05, 0) is 12.8 Å². The molecule has 1 heterocycles. The highest BCUT2D eigenvalue weighted by Gasteiger charge is 2.26. The maximum Gasteiger partial charge on any atom is 0.333 e. The minimum atomic E-state index is -0.182. The highest BCUT2D eigenvalue weighted by Crippen LogP contribution is 2.23. The third kappa shape index (κ3) is 7.72. The molecular formula is C18H32O2. The van der Waals surface area contributed by atoms with Crippen LogP contribution in [0.15, 0.2) is 12.2 Å². The van der Waals surface area contributed by atoms with E-state index in [-0.39, 0.29) is 12.1 Å². The summed E-state index contributed by atoms with van der Waals surface area (Å²) in [5.41, 5.74) is 0.651. The first-order valence-corrected chi connectivity index (χ1v) is 8.62. The van der Waals surface area contributed by atoms with E-state index in [9.17, 15) is 4.79 Å². The van der Waals surface area contributed by atoms with Crippen LogP contribution in [0, 0.1) is 0 Å². The number of carbonyl (C=O) groups excluding carboxylic acids is 1. The molecule has 1 saturated heterocycles. The molecule has 0 radical (unpaired) electrons. The van der Waals surface area contributed by atoms with Gasteiger partial charge in [-0.1, -0.05) is 77.7 Å². The fourth-order valence-corrected chi connectivity index (χ4v) is 2.83. The van der Waals surface area contributed by atoms with Crippen LogP contribution in [0.3, 0.4) is 0 Å². The molecule has 0 unspecified atom stereocenters. The Kier molecular flexibility index (Phi) is 9.44. The SMILES string of the molecule is C=C1C[C@H](CCCCCCCCCCCCC)OC1=O. The van der Waals surface area contributed by atoms with E-state index in [2.05, 4.69) is 13.5 Å². The van der Waals surface area contributed by atoms with Crippen molar-refractivity contribution in [2.24, 2.45) is 0 Å². The van der Waals surface area contributed by atoms with Crippen LogP contribution in [0.5, 0.6) is 0 Å². The molecule has 2 nitrogen and oxygen atoms in total. The Hall–Kier alpha value is -0.790. The van der Waals surface area contributed by atoms with Crippen molar-refractivity contribution in [1.82, 2.24) is 0 Å². The molecule has 0 aromatic carbocycles. The largest absolute Gasteiger partial charge is 0.459 e. The minimum Gasteiger partial charge on any atom is -0.459 e.